The van der Waals surface area contributed by atoms with Crippen molar-refractivity contribution < 1.29 is 18.7 Å². The van der Waals surface area contributed by atoms with Gasteiger partial charge < -0.3 is 19.7 Å². The van der Waals surface area contributed by atoms with Crippen molar-refractivity contribution >= 4 is 49.9 Å². The summed E-state index contributed by atoms with van der Waals surface area (Å²) in [5.41, 5.74) is 4.86. The third-order valence-corrected chi connectivity index (χ3v) is 7.84. The van der Waals surface area contributed by atoms with Gasteiger partial charge in [-0.1, -0.05) is 0 Å². The molecule has 1 N–H and O–H groups in total. The molecule has 0 saturated carbocycles. The first-order chi connectivity index (χ1) is 18.5. The number of rotatable bonds is 6. The first-order valence-electron chi connectivity index (χ1n) is 12.0. The van der Waals surface area contributed by atoms with E-state index in [1.165, 1.54) is 17.7 Å². The topological polar surface area (TPSA) is 107 Å². The lowest BCUT2D eigenvalue weighted by Gasteiger charge is -2.54. The molecule has 38 heavy (non-hydrogen) atoms. The predicted octanol–water partition coefficient (Wildman–Crippen LogP) is 3.76. The van der Waals surface area contributed by atoms with E-state index in [-0.39, 0.29) is 23.6 Å². The molecule has 2 aliphatic rings. The molecule has 7 rings (SSSR count). The van der Waals surface area contributed by atoms with Gasteiger partial charge in [-0.15, -0.1) is 11.3 Å². The lowest BCUT2D eigenvalue weighted by Crippen LogP contribution is -2.67. The molecule has 1 amide bonds. The van der Waals surface area contributed by atoms with Crippen LogP contribution in [-0.2, 0) is 16.6 Å². The summed E-state index contributed by atoms with van der Waals surface area (Å²) in [5, 5.41) is 7.92. The minimum absolute atomic E-state index is 0.101. The van der Waals surface area contributed by atoms with E-state index in [0.717, 1.165) is 11.1 Å². The van der Waals surface area contributed by atoms with Gasteiger partial charge in [0.25, 0.3) is 5.91 Å². The molecule has 192 valence electrons. The Balaban J connectivity index is 1.25. The number of thiazole rings is 1. The molecule has 3 aromatic heterocycles. The summed E-state index contributed by atoms with van der Waals surface area (Å²) in [5.74, 6) is 0.273. The highest BCUT2D eigenvalue weighted by molar-refractivity contribution is 7.16. The van der Waals surface area contributed by atoms with Crippen LogP contribution in [0, 0.1) is 11.2 Å². The number of aromatic nitrogens is 5. The van der Waals surface area contributed by atoms with E-state index in [1.807, 2.05) is 25.4 Å². The van der Waals surface area contributed by atoms with Crippen LogP contribution in [0.4, 0.5) is 15.9 Å². The number of nitrogens with zero attached hydrogens (tertiary/aromatic N) is 6. The van der Waals surface area contributed by atoms with Gasteiger partial charge in [-0.2, -0.15) is 5.10 Å². The third-order valence-electron chi connectivity index (χ3n) is 7.00. The molecule has 0 bridgehead atoms. The summed E-state index contributed by atoms with van der Waals surface area (Å²) in [6, 6.07) is 7.11. The molecule has 0 aliphatic carbocycles. The quantitative estimate of drug-likeness (QED) is 0.353. The van der Waals surface area contributed by atoms with E-state index >= 15 is 4.39 Å². The van der Waals surface area contributed by atoms with Crippen molar-refractivity contribution in [1.82, 2.24) is 29.6 Å². The average Bonchev–Trinajstić information content (AvgIpc) is 3.52. The highest BCUT2D eigenvalue weighted by atomic mass is 32.1. The molecular weight excluding hydrogens is 509 g/mol. The number of benzene rings is 2. The van der Waals surface area contributed by atoms with Gasteiger partial charge >= 0.3 is 0 Å². The number of carbonyl (C=O) groups is 1. The normalized spacial score (nSPS) is 16.0. The molecule has 12 heteroatoms. The van der Waals surface area contributed by atoms with Gasteiger partial charge in [0.2, 0.25) is 0 Å². The van der Waals surface area contributed by atoms with Crippen molar-refractivity contribution in [2.24, 2.45) is 12.5 Å². The molecule has 2 fully saturated rings. The van der Waals surface area contributed by atoms with Crippen LogP contribution >= 0.6 is 11.3 Å². The Labute approximate surface area is 220 Å². The van der Waals surface area contributed by atoms with E-state index in [0.29, 0.717) is 59.0 Å². The lowest BCUT2D eigenvalue weighted by atomic mass is 9.78. The average molecular weight is 532 g/mol. The van der Waals surface area contributed by atoms with Gasteiger partial charge in [-0.25, -0.2) is 19.3 Å². The van der Waals surface area contributed by atoms with Gasteiger partial charge in [0.15, 0.2) is 12.4 Å². The summed E-state index contributed by atoms with van der Waals surface area (Å²) >= 11 is 1.23. The van der Waals surface area contributed by atoms with Crippen LogP contribution in [0.5, 0.6) is 5.75 Å². The smallest absolute Gasteiger partial charge is 0.260 e. The van der Waals surface area contributed by atoms with E-state index < -0.39 is 5.82 Å². The molecule has 0 unspecified atom stereocenters. The second kappa shape index (κ2) is 8.71. The molecule has 10 nitrogen and oxygen atoms in total. The second-order valence-corrected chi connectivity index (χ2v) is 10.6. The van der Waals surface area contributed by atoms with E-state index in [2.05, 4.69) is 25.4 Å². The number of amides is 1. The molecule has 5 aromatic rings. The van der Waals surface area contributed by atoms with Crippen molar-refractivity contribution in [3.05, 3.63) is 54.3 Å². The first-order valence-corrected chi connectivity index (χ1v) is 12.9. The number of carbonyl (C=O) groups excluding carboxylic acids is 1. The fraction of sp³-hybridized carbons (Fsp3) is 0.269. The highest BCUT2D eigenvalue weighted by Crippen LogP contribution is 2.39. The van der Waals surface area contributed by atoms with Gasteiger partial charge in [-0.05, 0) is 29.8 Å². The number of ether oxygens (including phenoxy) is 2. The summed E-state index contributed by atoms with van der Waals surface area (Å²) in [7, 11) is 1.84. The molecule has 2 aromatic carbocycles. The standard InChI is InChI=1S/C26H22FN7O3S/c1-33-7-16(6-31-33)15-4-19-22(20(5-15)37-8-21(35)34-9-26(10-34)11-36-12-26)25(29-13-28-19)32-17-2-3-18-24(23(17)27)38-14-30-18/h2-7,13-14H,8-12H2,1H3,(H,28,29,32). The zero-order valence-electron chi connectivity index (χ0n) is 20.3. The molecule has 0 radical (unpaired) electrons. The Morgan fingerprint density at radius 3 is 2.82 bits per heavy atom. The molecule has 2 saturated heterocycles. The maximum Gasteiger partial charge on any atom is 0.260 e. The van der Waals surface area contributed by atoms with Crippen LogP contribution in [-0.4, -0.2) is 68.4 Å². The van der Waals surface area contributed by atoms with Crippen molar-refractivity contribution in [2.75, 3.05) is 38.2 Å². The van der Waals surface area contributed by atoms with Crippen molar-refractivity contribution in [3.63, 3.8) is 0 Å². The SMILES string of the molecule is Cn1cc(-c2cc(OCC(=O)N3CC4(COC4)C3)c3c(Nc4ccc5ncsc5c4F)ncnc3c2)cn1. The van der Waals surface area contributed by atoms with Crippen LogP contribution < -0.4 is 10.1 Å². The van der Waals surface area contributed by atoms with Crippen molar-refractivity contribution in [3.8, 4) is 16.9 Å². The maximum absolute atomic E-state index is 15.2. The zero-order valence-corrected chi connectivity index (χ0v) is 21.2. The van der Waals surface area contributed by atoms with Crippen LogP contribution in [0.1, 0.15) is 0 Å². The molecule has 1 spiro atoms. The van der Waals surface area contributed by atoms with E-state index in [9.17, 15) is 4.79 Å². The molecule has 2 aliphatic heterocycles. The number of nitrogens with one attached hydrogen (secondary N) is 1. The Hall–Kier alpha value is -4.16. The number of anilines is 2. The number of fused-ring (bicyclic) bond motifs is 2. The van der Waals surface area contributed by atoms with Gasteiger partial charge in [0, 0.05) is 31.9 Å². The van der Waals surface area contributed by atoms with Crippen molar-refractivity contribution in [2.45, 2.75) is 0 Å². The Kier molecular flexibility index (Phi) is 5.27. The minimum atomic E-state index is -0.409. The summed E-state index contributed by atoms with van der Waals surface area (Å²) < 4.78 is 28.8. The minimum Gasteiger partial charge on any atom is -0.483 e. The number of likely N-dealkylation sites (tertiary alicyclic amines) is 1. The van der Waals surface area contributed by atoms with Gasteiger partial charge in [-0.3, -0.25) is 9.48 Å². The summed E-state index contributed by atoms with van der Waals surface area (Å²) in [6.45, 7) is 2.62. The number of hydrogen-bond donors (Lipinski definition) is 1. The number of halogens is 1. The Bertz CT molecular complexity index is 1710. The second-order valence-electron chi connectivity index (χ2n) is 9.78. The van der Waals surface area contributed by atoms with Crippen LogP contribution in [0.2, 0.25) is 0 Å². The van der Waals surface area contributed by atoms with Gasteiger partial charge in [0.1, 0.15) is 17.9 Å². The largest absolute Gasteiger partial charge is 0.483 e. The summed E-state index contributed by atoms with van der Waals surface area (Å²) in [4.78, 5) is 27.7. The molecule has 5 heterocycles. The summed E-state index contributed by atoms with van der Waals surface area (Å²) in [6.07, 6.45) is 5.04. The van der Waals surface area contributed by atoms with Gasteiger partial charge in [0.05, 0.1) is 57.1 Å². The number of hydrogen-bond acceptors (Lipinski definition) is 9. The fourth-order valence-corrected chi connectivity index (χ4v) is 5.69. The van der Waals surface area contributed by atoms with Crippen LogP contribution in [0.25, 0.3) is 32.2 Å². The lowest BCUT2D eigenvalue weighted by molar-refractivity contribution is -0.196. The van der Waals surface area contributed by atoms with Crippen molar-refractivity contribution in [1.29, 1.82) is 0 Å². The zero-order chi connectivity index (χ0) is 25.9. The van der Waals surface area contributed by atoms with Crippen LogP contribution in [0.3, 0.4) is 0 Å². The predicted molar refractivity (Wildman–Crippen MR) is 140 cm³/mol. The molecule has 0 atom stereocenters. The van der Waals surface area contributed by atoms with E-state index in [1.54, 1.807) is 33.4 Å². The fourth-order valence-electron chi connectivity index (χ4n) is 4.96. The number of aryl methyl sites for hydroxylation is 1. The Morgan fingerprint density at radius 1 is 1.18 bits per heavy atom. The van der Waals surface area contributed by atoms with E-state index in [4.69, 9.17) is 9.47 Å². The van der Waals surface area contributed by atoms with Crippen LogP contribution in [0.15, 0.2) is 48.5 Å². The third kappa shape index (κ3) is 3.84. The molecular formula is C26H22FN7O3S. The monoisotopic (exact) mass is 531 g/mol. The first kappa shape index (κ1) is 23.0. The Morgan fingerprint density at radius 2 is 2.05 bits per heavy atom. The maximum atomic E-state index is 15.2. The highest BCUT2D eigenvalue weighted by Gasteiger charge is 2.50.